The summed E-state index contributed by atoms with van der Waals surface area (Å²) in [7, 11) is 0. The lowest BCUT2D eigenvalue weighted by Gasteiger charge is -2.36. The van der Waals surface area contributed by atoms with Gasteiger partial charge in [-0.1, -0.05) is 45.4 Å². The highest BCUT2D eigenvalue weighted by Gasteiger charge is 2.35. The number of carbonyl (C=O) groups excluding carboxylic acids is 1. The molecule has 3 nitrogen and oxygen atoms in total. The predicted molar refractivity (Wildman–Crippen MR) is 98.5 cm³/mol. The Kier molecular flexibility index (Phi) is 5.60. The predicted octanol–water partition coefficient (Wildman–Crippen LogP) is 3.66. The lowest BCUT2D eigenvalue weighted by molar-refractivity contribution is -0.129. The zero-order chi connectivity index (χ0) is 17.1. The Balaban J connectivity index is 1.61. The number of hydrogen-bond donors (Lipinski definition) is 2. The monoisotopic (exact) mass is 328 g/mol. The van der Waals surface area contributed by atoms with Crippen LogP contribution in [0, 0.1) is 23.7 Å². The Morgan fingerprint density at radius 2 is 2.12 bits per heavy atom. The van der Waals surface area contributed by atoms with Crippen LogP contribution < -0.4 is 10.6 Å². The molecular weight excluding hydrogens is 296 g/mol. The van der Waals surface area contributed by atoms with E-state index >= 15 is 0 Å². The van der Waals surface area contributed by atoms with Gasteiger partial charge in [-0.25, -0.2) is 0 Å². The van der Waals surface area contributed by atoms with Crippen molar-refractivity contribution in [3.63, 3.8) is 0 Å². The SMILES string of the molecule is CC(C)[C@@H]1CC[C@@H](C)C[C@H]1C(=O)NCc1ccc2c(c1)CCNC2. The van der Waals surface area contributed by atoms with Gasteiger partial charge in [-0.05, 0) is 60.3 Å². The average Bonchev–Trinajstić information content (AvgIpc) is 2.59. The van der Waals surface area contributed by atoms with E-state index < -0.39 is 0 Å². The number of nitrogens with one attached hydrogen (secondary N) is 2. The molecule has 1 heterocycles. The maximum absolute atomic E-state index is 12.8. The first kappa shape index (κ1) is 17.5. The van der Waals surface area contributed by atoms with Crippen molar-refractivity contribution in [1.82, 2.24) is 10.6 Å². The minimum absolute atomic E-state index is 0.190. The maximum atomic E-state index is 12.8. The van der Waals surface area contributed by atoms with Crippen molar-refractivity contribution in [2.75, 3.05) is 6.54 Å². The molecule has 2 aliphatic rings. The summed E-state index contributed by atoms with van der Waals surface area (Å²) in [5.74, 6) is 2.25. The van der Waals surface area contributed by atoms with E-state index in [1.807, 2.05) is 0 Å². The molecule has 132 valence electrons. The van der Waals surface area contributed by atoms with Crippen molar-refractivity contribution in [2.45, 2.75) is 59.5 Å². The van der Waals surface area contributed by atoms with Crippen LogP contribution in [0.1, 0.15) is 56.7 Å². The summed E-state index contributed by atoms with van der Waals surface area (Å²) >= 11 is 0. The minimum Gasteiger partial charge on any atom is -0.352 e. The lowest BCUT2D eigenvalue weighted by Crippen LogP contribution is -2.40. The van der Waals surface area contributed by atoms with Crippen LogP contribution in [0.25, 0.3) is 0 Å². The van der Waals surface area contributed by atoms with E-state index in [9.17, 15) is 4.79 Å². The van der Waals surface area contributed by atoms with Crippen LogP contribution >= 0.6 is 0 Å². The second-order valence-corrected chi connectivity index (χ2v) is 8.18. The molecule has 3 rings (SSSR count). The van der Waals surface area contributed by atoms with Crippen LogP contribution in [0.5, 0.6) is 0 Å². The first-order valence-electron chi connectivity index (χ1n) is 9.63. The van der Waals surface area contributed by atoms with E-state index in [1.165, 1.54) is 29.5 Å². The maximum Gasteiger partial charge on any atom is 0.223 e. The van der Waals surface area contributed by atoms with Crippen molar-refractivity contribution < 1.29 is 4.79 Å². The number of fused-ring (bicyclic) bond motifs is 1. The molecule has 3 atom stereocenters. The van der Waals surface area contributed by atoms with Crippen molar-refractivity contribution in [1.29, 1.82) is 0 Å². The normalized spacial score (nSPS) is 26.9. The zero-order valence-corrected chi connectivity index (χ0v) is 15.4. The molecule has 1 aliphatic carbocycles. The standard InChI is InChI=1S/C21H32N2O/c1-14(2)19-7-4-15(3)10-20(19)21(24)23-12-16-5-6-18-13-22-9-8-17(18)11-16/h5-6,11,14-15,19-20,22H,4,7-10,12-13H2,1-3H3,(H,23,24)/t15-,19+,20-/m1/s1. The Morgan fingerprint density at radius 1 is 1.29 bits per heavy atom. The first-order valence-corrected chi connectivity index (χ1v) is 9.63. The smallest absolute Gasteiger partial charge is 0.223 e. The largest absolute Gasteiger partial charge is 0.352 e. The topological polar surface area (TPSA) is 41.1 Å². The molecule has 0 bridgehead atoms. The third-order valence-electron chi connectivity index (χ3n) is 5.98. The van der Waals surface area contributed by atoms with E-state index in [1.54, 1.807) is 0 Å². The fourth-order valence-corrected chi connectivity index (χ4v) is 4.46. The van der Waals surface area contributed by atoms with Gasteiger partial charge < -0.3 is 10.6 Å². The summed E-state index contributed by atoms with van der Waals surface area (Å²) in [6.45, 7) is 9.50. The summed E-state index contributed by atoms with van der Waals surface area (Å²) in [4.78, 5) is 12.8. The molecule has 24 heavy (non-hydrogen) atoms. The van der Waals surface area contributed by atoms with E-state index in [4.69, 9.17) is 0 Å². The van der Waals surface area contributed by atoms with Crippen molar-refractivity contribution in [3.05, 3.63) is 34.9 Å². The van der Waals surface area contributed by atoms with E-state index in [2.05, 4.69) is 49.6 Å². The second-order valence-electron chi connectivity index (χ2n) is 8.18. The summed E-state index contributed by atoms with van der Waals surface area (Å²) in [5, 5.41) is 6.63. The number of carbonyl (C=O) groups is 1. The molecule has 1 aromatic carbocycles. The fraction of sp³-hybridized carbons (Fsp3) is 0.667. The summed E-state index contributed by atoms with van der Waals surface area (Å²) < 4.78 is 0. The van der Waals surface area contributed by atoms with Crippen LogP contribution in [0.2, 0.25) is 0 Å². The van der Waals surface area contributed by atoms with Gasteiger partial charge in [0.2, 0.25) is 5.91 Å². The molecule has 0 unspecified atom stereocenters. The van der Waals surface area contributed by atoms with Gasteiger partial charge in [0.15, 0.2) is 0 Å². The van der Waals surface area contributed by atoms with Crippen LogP contribution in [0.3, 0.4) is 0 Å². The molecule has 1 aromatic rings. The summed E-state index contributed by atoms with van der Waals surface area (Å²) in [6.07, 6.45) is 4.60. The number of amides is 1. The zero-order valence-electron chi connectivity index (χ0n) is 15.4. The van der Waals surface area contributed by atoms with Gasteiger partial charge in [0.05, 0.1) is 0 Å². The van der Waals surface area contributed by atoms with Crippen molar-refractivity contribution in [3.8, 4) is 0 Å². The number of rotatable bonds is 4. The Morgan fingerprint density at radius 3 is 2.92 bits per heavy atom. The highest BCUT2D eigenvalue weighted by Crippen LogP contribution is 2.38. The van der Waals surface area contributed by atoms with Crippen LogP contribution in [0.4, 0.5) is 0 Å². The molecule has 2 N–H and O–H groups in total. The molecule has 0 saturated heterocycles. The summed E-state index contributed by atoms with van der Waals surface area (Å²) in [5.41, 5.74) is 4.07. The van der Waals surface area contributed by atoms with Gasteiger partial charge >= 0.3 is 0 Å². The van der Waals surface area contributed by atoms with Gasteiger partial charge in [-0.15, -0.1) is 0 Å². The third-order valence-corrected chi connectivity index (χ3v) is 5.98. The van der Waals surface area contributed by atoms with Gasteiger partial charge in [-0.2, -0.15) is 0 Å². The van der Waals surface area contributed by atoms with E-state index in [0.29, 0.717) is 24.3 Å². The van der Waals surface area contributed by atoms with Gasteiger partial charge in [0, 0.05) is 19.0 Å². The molecule has 1 saturated carbocycles. The Labute approximate surface area is 146 Å². The van der Waals surface area contributed by atoms with Crippen molar-refractivity contribution in [2.24, 2.45) is 23.7 Å². The molecule has 1 aliphatic heterocycles. The molecule has 0 aromatic heterocycles. The van der Waals surface area contributed by atoms with Crippen molar-refractivity contribution >= 4 is 5.91 Å². The molecule has 1 fully saturated rings. The van der Waals surface area contributed by atoms with E-state index in [0.717, 1.165) is 25.9 Å². The van der Waals surface area contributed by atoms with Crippen LogP contribution in [-0.2, 0) is 24.3 Å². The highest BCUT2D eigenvalue weighted by atomic mass is 16.1. The molecule has 0 spiro atoms. The van der Waals surface area contributed by atoms with Gasteiger partial charge in [0.1, 0.15) is 0 Å². The first-order chi connectivity index (χ1) is 11.5. The molecule has 1 amide bonds. The Bertz CT molecular complexity index is 581. The Hall–Kier alpha value is -1.35. The minimum atomic E-state index is 0.190. The highest BCUT2D eigenvalue weighted by molar-refractivity contribution is 5.79. The molecule has 0 radical (unpaired) electrons. The third kappa shape index (κ3) is 4.00. The average molecular weight is 329 g/mol. The van der Waals surface area contributed by atoms with Gasteiger partial charge in [0.25, 0.3) is 0 Å². The van der Waals surface area contributed by atoms with Gasteiger partial charge in [-0.3, -0.25) is 4.79 Å². The summed E-state index contributed by atoms with van der Waals surface area (Å²) in [6, 6.07) is 6.65. The fourth-order valence-electron chi connectivity index (χ4n) is 4.46. The van der Waals surface area contributed by atoms with Crippen LogP contribution in [0.15, 0.2) is 18.2 Å². The lowest BCUT2D eigenvalue weighted by atomic mass is 9.70. The quantitative estimate of drug-likeness (QED) is 0.885. The number of benzene rings is 1. The van der Waals surface area contributed by atoms with Crippen LogP contribution in [-0.4, -0.2) is 12.5 Å². The second kappa shape index (κ2) is 7.69. The molecule has 3 heteroatoms. The molecular formula is C21H32N2O. The van der Waals surface area contributed by atoms with E-state index in [-0.39, 0.29) is 11.8 Å². The number of hydrogen-bond acceptors (Lipinski definition) is 2.